The second kappa shape index (κ2) is 6.79. The monoisotopic (exact) mass is 379 g/mol. The Hall–Kier alpha value is -2.71. The molecule has 2 atom stereocenters. The van der Waals surface area contributed by atoms with Gasteiger partial charge in [-0.1, -0.05) is 18.6 Å². The summed E-state index contributed by atoms with van der Waals surface area (Å²) in [7, 11) is 0. The SMILES string of the molecule is Fc1ccccc1-c1nnc2ccc(NC3CCCC(C(F)(F)F)C3)nn12. The van der Waals surface area contributed by atoms with Gasteiger partial charge in [0.2, 0.25) is 0 Å². The molecular formula is C18H17F4N5. The van der Waals surface area contributed by atoms with Gasteiger partial charge >= 0.3 is 6.18 Å². The number of aromatic nitrogens is 4. The van der Waals surface area contributed by atoms with Gasteiger partial charge in [0.25, 0.3) is 0 Å². The Balaban J connectivity index is 1.60. The fourth-order valence-corrected chi connectivity index (χ4v) is 3.50. The van der Waals surface area contributed by atoms with Crippen molar-refractivity contribution in [3.8, 4) is 11.4 Å². The van der Waals surface area contributed by atoms with E-state index in [0.29, 0.717) is 24.3 Å². The lowest BCUT2D eigenvalue weighted by atomic mass is 9.85. The topological polar surface area (TPSA) is 55.1 Å². The minimum Gasteiger partial charge on any atom is -0.366 e. The lowest BCUT2D eigenvalue weighted by Crippen LogP contribution is -2.34. The molecule has 1 aliphatic rings. The molecule has 1 aromatic carbocycles. The zero-order chi connectivity index (χ0) is 19.0. The van der Waals surface area contributed by atoms with E-state index in [9.17, 15) is 17.6 Å². The summed E-state index contributed by atoms with van der Waals surface area (Å²) in [5.41, 5.74) is 0.681. The van der Waals surface area contributed by atoms with E-state index in [1.165, 1.54) is 10.6 Å². The molecule has 1 aliphatic carbocycles. The van der Waals surface area contributed by atoms with E-state index in [-0.39, 0.29) is 30.3 Å². The molecule has 3 aromatic rings. The van der Waals surface area contributed by atoms with Crippen molar-refractivity contribution in [3.05, 3.63) is 42.2 Å². The Bertz CT molecular complexity index is 952. The predicted octanol–water partition coefficient (Wildman–Crippen LogP) is 4.46. The standard InChI is InChI=1S/C18H17F4N5/c19-14-7-2-1-6-13(14)17-25-24-16-9-8-15(26-27(16)17)23-12-5-3-4-11(10-12)18(20,21)22/h1-2,6-9,11-12H,3-5,10H2,(H,23,26). The second-order valence-electron chi connectivity index (χ2n) is 6.74. The summed E-state index contributed by atoms with van der Waals surface area (Å²) in [6.07, 6.45) is -2.83. The van der Waals surface area contributed by atoms with Gasteiger partial charge < -0.3 is 5.32 Å². The Kier molecular flexibility index (Phi) is 4.45. The molecule has 0 radical (unpaired) electrons. The highest BCUT2D eigenvalue weighted by molar-refractivity contribution is 5.60. The first-order chi connectivity index (χ1) is 12.9. The largest absolute Gasteiger partial charge is 0.391 e. The number of halogens is 4. The number of hydrogen-bond donors (Lipinski definition) is 1. The second-order valence-corrected chi connectivity index (χ2v) is 6.74. The summed E-state index contributed by atoms with van der Waals surface area (Å²) >= 11 is 0. The molecule has 1 fully saturated rings. The van der Waals surface area contributed by atoms with Crippen molar-refractivity contribution in [2.24, 2.45) is 5.92 Å². The summed E-state index contributed by atoms with van der Waals surface area (Å²) in [5.74, 6) is -1.10. The van der Waals surface area contributed by atoms with Crippen LogP contribution in [0.1, 0.15) is 25.7 Å². The van der Waals surface area contributed by atoms with Gasteiger partial charge in [0, 0.05) is 6.04 Å². The van der Waals surface area contributed by atoms with Crippen molar-refractivity contribution in [3.63, 3.8) is 0 Å². The van der Waals surface area contributed by atoms with Gasteiger partial charge in [-0.3, -0.25) is 0 Å². The fourth-order valence-electron chi connectivity index (χ4n) is 3.50. The number of nitrogens with zero attached hydrogens (tertiary/aromatic N) is 4. The van der Waals surface area contributed by atoms with Crippen LogP contribution >= 0.6 is 0 Å². The molecule has 9 heteroatoms. The molecule has 1 N–H and O–H groups in total. The Morgan fingerprint density at radius 2 is 1.85 bits per heavy atom. The molecule has 5 nitrogen and oxygen atoms in total. The third kappa shape index (κ3) is 3.58. The van der Waals surface area contributed by atoms with Crippen molar-refractivity contribution >= 4 is 11.5 Å². The van der Waals surface area contributed by atoms with Crippen LogP contribution in [0, 0.1) is 11.7 Å². The quantitative estimate of drug-likeness (QED) is 0.683. The number of alkyl halides is 3. The van der Waals surface area contributed by atoms with E-state index in [2.05, 4.69) is 20.6 Å². The summed E-state index contributed by atoms with van der Waals surface area (Å²) in [4.78, 5) is 0. The van der Waals surface area contributed by atoms with Crippen molar-refractivity contribution < 1.29 is 17.6 Å². The summed E-state index contributed by atoms with van der Waals surface area (Å²) in [6, 6.07) is 9.12. The lowest BCUT2D eigenvalue weighted by Gasteiger charge is -2.31. The van der Waals surface area contributed by atoms with Crippen LogP contribution < -0.4 is 5.32 Å². The van der Waals surface area contributed by atoms with Gasteiger partial charge in [0.1, 0.15) is 11.6 Å². The molecule has 0 saturated heterocycles. The molecule has 2 aromatic heterocycles. The van der Waals surface area contributed by atoms with Crippen molar-refractivity contribution in [1.29, 1.82) is 0 Å². The zero-order valence-corrected chi connectivity index (χ0v) is 14.2. The first-order valence-corrected chi connectivity index (χ1v) is 8.72. The number of anilines is 1. The smallest absolute Gasteiger partial charge is 0.366 e. The van der Waals surface area contributed by atoms with E-state index in [1.807, 2.05) is 0 Å². The van der Waals surface area contributed by atoms with Crippen LogP contribution in [-0.4, -0.2) is 32.0 Å². The molecule has 0 amide bonds. The highest BCUT2D eigenvalue weighted by Gasteiger charge is 2.42. The molecule has 2 heterocycles. The molecule has 0 aliphatic heterocycles. The van der Waals surface area contributed by atoms with E-state index in [0.717, 1.165) is 0 Å². The first kappa shape index (κ1) is 17.7. The van der Waals surface area contributed by atoms with Gasteiger partial charge in [-0.05, 0) is 43.5 Å². The highest BCUT2D eigenvalue weighted by atomic mass is 19.4. The summed E-state index contributed by atoms with van der Waals surface area (Å²) < 4.78 is 54.5. The first-order valence-electron chi connectivity index (χ1n) is 8.72. The minimum absolute atomic E-state index is 0.0194. The minimum atomic E-state index is -4.18. The predicted molar refractivity (Wildman–Crippen MR) is 91.6 cm³/mol. The zero-order valence-electron chi connectivity index (χ0n) is 14.2. The maximum atomic E-state index is 14.1. The lowest BCUT2D eigenvalue weighted by molar-refractivity contribution is -0.182. The van der Waals surface area contributed by atoms with Crippen molar-refractivity contribution in [2.45, 2.75) is 37.9 Å². The number of benzene rings is 1. The van der Waals surface area contributed by atoms with E-state index in [4.69, 9.17) is 0 Å². The summed E-state index contributed by atoms with van der Waals surface area (Å²) in [5, 5.41) is 15.4. The molecule has 0 bridgehead atoms. The van der Waals surface area contributed by atoms with Crippen LogP contribution in [0.4, 0.5) is 23.4 Å². The van der Waals surface area contributed by atoms with Crippen molar-refractivity contribution in [2.75, 3.05) is 5.32 Å². The average molecular weight is 379 g/mol. The van der Waals surface area contributed by atoms with Gasteiger partial charge in [0.05, 0.1) is 11.5 Å². The number of rotatable bonds is 3. The molecule has 1 saturated carbocycles. The van der Waals surface area contributed by atoms with Gasteiger partial charge in [-0.2, -0.15) is 17.7 Å². The highest BCUT2D eigenvalue weighted by Crippen LogP contribution is 2.38. The molecule has 27 heavy (non-hydrogen) atoms. The molecule has 142 valence electrons. The van der Waals surface area contributed by atoms with Crippen molar-refractivity contribution in [1.82, 2.24) is 19.8 Å². The number of hydrogen-bond acceptors (Lipinski definition) is 4. The number of nitrogens with one attached hydrogen (secondary N) is 1. The molecule has 4 rings (SSSR count). The third-order valence-corrected chi connectivity index (χ3v) is 4.87. The van der Waals surface area contributed by atoms with Crippen LogP contribution in [0.5, 0.6) is 0 Å². The fraction of sp³-hybridized carbons (Fsp3) is 0.389. The van der Waals surface area contributed by atoms with Gasteiger partial charge in [-0.15, -0.1) is 15.3 Å². The average Bonchev–Trinajstić information content (AvgIpc) is 3.05. The summed E-state index contributed by atoms with van der Waals surface area (Å²) in [6.45, 7) is 0. The Morgan fingerprint density at radius 1 is 1.04 bits per heavy atom. The molecule has 2 unspecified atom stereocenters. The molecule has 0 spiro atoms. The van der Waals surface area contributed by atoms with E-state index >= 15 is 0 Å². The van der Waals surface area contributed by atoms with Crippen LogP contribution in [0.15, 0.2) is 36.4 Å². The normalized spacial score (nSPS) is 20.7. The van der Waals surface area contributed by atoms with E-state index < -0.39 is 17.9 Å². The van der Waals surface area contributed by atoms with Gasteiger partial charge in [0.15, 0.2) is 11.5 Å². The maximum absolute atomic E-state index is 14.1. The van der Waals surface area contributed by atoms with Gasteiger partial charge in [-0.25, -0.2) is 4.39 Å². The third-order valence-electron chi connectivity index (χ3n) is 4.87. The number of fused-ring (bicyclic) bond motifs is 1. The van der Waals surface area contributed by atoms with Crippen LogP contribution in [0.25, 0.3) is 17.0 Å². The Morgan fingerprint density at radius 3 is 2.63 bits per heavy atom. The van der Waals surface area contributed by atoms with Crippen LogP contribution in [0.3, 0.4) is 0 Å². The van der Waals surface area contributed by atoms with Crippen LogP contribution in [-0.2, 0) is 0 Å². The Labute approximate surface area is 152 Å². The molecular weight excluding hydrogens is 362 g/mol. The maximum Gasteiger partial charge on any atom is 0.391 e. The van der Waals surface area contributed by atoms with E-state index in [1.54, 1.807) is 30.3 Å². The van der Waals surface area contributed by atoms with Crippen LogP contribution in [0.2, 0.25) is 0 Å².